The summed E-state index contributed by atoms with van der Waals surface area (Å²) in [6.45, 7) is -0.0735. The van der Waals surface area contributed by atoms with Gasteiger partial charge in [-0.2, -0.15) is 39.5 Å². The number of alkyl halides is 9. The van der Waals surface area contributed by atoms with Gasteiger partial charge in [0.1, 0.15) is 0 Å². The number of carbonyl (C=O) groups excluding carboxylic acids is 1. The van der Waals surface area contributed by atoms with Gasteiger partial charge in [0.15, 0.2) is 0 Å². The molecule has 29 heavy (non-hydrogen) atoms. The zero-order valence-electron chi connectivity index (χ0n) is 14.1. The molecule has 1 N–H and O–H groups in total. The largest absolute Gasteiger partial charge is 0.460 e. The second-order valence-electron chi connectivity index (χ2n) is 5.73. The van der Waals surface area contributed by atoms with Crippen molar-refractivity contribution in [2.45, 2.75) is 36.8 Å². The van der Waals surface area contributed by atoms with Gasteiger partial charge < -0.3 is 5.32 Å². The lowest BCUT2D eigenvalue weighted by atomic mass is 10.0. The molecule has 0 aromatic heterocycles. The van der Waals surface area contributed by atoms with E-state index in [2.05, 4.69) is 21.2 Å². The number of nitrogens with one attached hydrogen (secondary N) is 1. The van der Waals surface area contributed by atoms with Gasteiger partial charge in [-0.05, 0) is 63.3 Å². The molecule has 0 bridgehead atoms. The Kier molecular flexibility index (Phi) is 8.47. The highest BCUT2D eigenvalue weighted by atomic mass is 127. The van der Waals surface area contributed by atoms with Crippen molar-refractivity contribution >= 4 is 44.4 Å². The molecule has 0 spiro atoms. The van der Waals surface area contributed by atoms with Crippen LogP contribution in [-0.2, 0) is 0 Å². The summed E-state index contributed by atoms with van der Waals surface area (Å²) in [7, 11) is 0. The molecule has 0 unspecified atom stereocenters. The fraction of sp³-hybridized carbons (Fsp3) is 0.438. The van der Waals surface area contributed by atoms with Crippen LogP contribution >= 0.6 is 38.5 Å². The van der Waals surface area contributed by atoms with Crippen LogP contribution in [0, 0.1) is 0 Å². The van der Waals surface area contributed by atoms with E-state index in [1.807, 2.05) is 0 Å². The number of hydrogen-bond acceptors (Lipinski definition) is 1. The minimum atomic E-state index is -6.92. The van der Waals surface area contributed by atoms with Crippen molar-refractivity contribution in [2.24, 2.45) is 0 Å². The maximum Gasteiger partial charge on any atom is 0.460 e. The fourth-order valence-corrected chi connectivity index (χ4v) is 2.95. The normalized spacial score (nSPS) is 14.1. The van der Waals surface area contributed by atoms with Gasteiger partial charge in [-0.15, -0.1) is 0 Å². The lowest BCUT2D eigenvalue weighted by molar-refractivity contribution is -0.388. The zero-order valence-corrected chi connectivity index (χ0v) is 17.8. The Morgan fingerprint density at radius 3 is 1.97 bits per heavy atom. The predicted octanol–water partition coefficient (Wildman–Crippen LogP) is 6.75. The number of rotatable bonds is 8. The zero-order chi connectivity index (χ0) is 22.7. The van der Waals surface area contributed by atoms with E-state index in [1.165, 1.54) is 12.1 Å². The second-order valence-corrected chi connectivity index (χ2v) is 8.03. The molecule has 0 heterocycles. The third kappa shape index (κ3) is 6.25. The summed E-state index contributed by atoms with van der Waals surface area (Å²) in [6, 6.07) is 6.18. The minimum absolute atomic E-state index is 0.0473. The maximum atomic E-state index is 13.5. The monoisotopic (exact) mass is 611 g/mol. The van der Waals surface area contributed by atoms with Crippen LogP contribution in [0.2, 0.25) is 0 Å². The molecule has 0 saturated carbocycles. The summed E-state index contributed by atoms with van der Waals surface area (Å²) in [5.74, 6) is -19.8. The van der Waals surface area contributed by atoms with Crippen molar-refractivity contribution in [1.29, 1.82) is 0 Å². The maximum absolute atomic E-state index is 13.5. The van der Waals surface area contributed by atoms with Crippen molar-refractivity contribution in [3.05, 3.63) is 44.0 Å². The topological polar surface area (TPSA) is 29.1 Å². The predicted molar refractivity (Wildman–Crippen MR) is 98.7 cm³/mol. The van der Waals surface area contributed by atoms with Gasteiger partial charge in [-0.1, -0.05) is 15.9 Å². The third-order valence-electron chi connectivity index (χ3n) is 3.49. The van der Waals surface area contributed by atoms with Gasteiger partial charge in [-0.25, -0.2) is 0 Å². The molecule has 1 rings (SSSR count). The first kappa shape index (κ1) is 26.0. The summed E-state index contributed by atoms with van der Waals surface area (Å²) < 4.78 is 115. The highest BCUT2D eigenvalue weighted by molar-refractivity contribution is 14.1. The van der Waals surface area contributed by atoms with Crippen molar-refractivity contribution in [3.8, 4) is 0 Å². The van der Waals surface area contributed by atoms with E-state index >= 15 is 0 Å². The Labute approximate surface area is 181 Å². The van der Waals surface area contributed by atoms with E-state index < -0.39 is 39.5 Å². The molecule has 0 aliphatic rings. The third-order valence-corrected chi connectivity index (χ3v) is 4.87. The average Bonchev–Trinajstić information content (AvgIpc) is 2.57. The first-order chi connectivity index (χ1) is 13.0. The quantitative estimate of drug-likeness (QED) is 0.197. The molecule has 0 aliphatic heterocycles. The molecule has 13 heteroatoms. The smallest absolute Gasteiger partial charge is 0.352 e. The highest BCUT2D eigenvalue weighted by Crippen LogP contribution is 2.53. The number of carbonyl (C=O) groups is 1. The Balaban J connectivity index is 2.69. The van der Waals surface area contributed by atoms with Gasteiger partial charge in [0, 0.05) is 22.7 Å². The number of hydrogen-bond donors (Lipinski definition) is 1. The van der Waals surface area contributed by atoms with Crippen LogP contribution in [0.15, 0.2) is 38.4 Å². The standard InChI is InChI=1S/C16H12BrF9INO/c17-10-5-3-9(4-6-10)12(29)28-7-1-2-11(27)8-13(18,19)14(20,21)15(22,23)16(24,25)26/h3-6,8H,1-2,7H2,(H,28,29). The van der Waals surface area contributed by atoms with Gasteiger partial charge in [-0.3, -0.25) is 4.79 Å². The van der Waals surface area contributed by atoms with Crippen LogP contribution in [0.4, 0.5) is 39.5 Å². The van der Waals surface area contributed by atoms with E-state index in [0.29, 0.717) is 5.56 Å². The van der Waals surface area contributed by atoms with Gasteiger partial charge in [0.05, 0.1) is 0 Å². The molecule has 1 aromatic carbocycles. The van der Waals surface area contributed by atoms with Crippen molar-refractivity contribution in [3.63, 3.8) is 0 Å². The molecule has 0 saturated heterocycles. The van der Waals surface area contributed by atoms with E-state index in [1.54, 1.807) is 12.1 Å². The van der Waals surface area contributed by atoms with E-state index in [0.717, 1.165) is 27.1 Å². The Morgan fingerprint density at radius 1 is 0.966 bits per heavy atom. The van der Waals surface area contributed by atoms with Crippen molar-refractivity contribution < 1.29 is 44.3 Å². The summed E-state index contributed by atoms with van der Waals surface area (Å²) in [4.78, 5) is 11.8. The van der Waals surface area contributed by atoms with Crippen LogP contribution < -0.4 is 5.32 Å². The average molecular weight is 612 g/mol. The van der Waals surface area contributed by atoms with Crippen molar-refractivity contribution in [1.82, 2.24) is 5.32 Å². The number of halogens is 11. The summed E-state index contributed by atoms with van der Waals surface area (Å²) in [5.41, 5.74) is 0.291. The number of amides is 1. The van der Waals surface area contributed by atoms with Crippen LogP contribution in [0.25, 0.3) is 0 Å². The van der Waals surface area contributed by atoms with Crippen LogP contribution in [0.3, 0.4) is 0 Å². The highest BCUT2D eigenvalue weighted by Gasteiger charge is 2.81. The molecule has 164 valence electrons. The molecule has 2 nitrogen and oxygen atoms in total. The minimum Gasteiger partial charge on any atom is -0.352 e. The van der Waals surface area contributed by atoms with Crippen LogP contribution in [0.1, 0.15) is 23.2 Å². The fourth-order valence-electron chi connectivity index (χ4n) is 1.91. The summed E-state index contributed by atoms with van der Waals surface area (Å²) in [5, 5.41) is 2.42. The van der Waals surface area contributed by atoms with Gasteiger partial charge >= 0.3 is 23.9 Å². The van der Waals surface area contributed by atoms with E-state index in [-0.39, 0.29) is 19.4 Å². The Hall–Kier alpha value is -0.990. The second kappa shape index (κ2) is 9.43. The van der Waals surface area contributed by atoms with Crippen LogP contribution in [0.5, 0.6) is 0 Å². The lowest BCUT2D eigenvalue weighted by Crippen LogP contribution is -2.60. The SMILES string of the molecule is O=C(NCCCC(I)=CC(F)(F)C(F)(F)C(F)(F)C(F)(F)F)c1ccc(Br)cc1. The molecule has 0 radical (unpaired) electrons. The van der Waals surface area contributed by atoms with E-state index in [9.17, 15) is 44.3 Å². The Morgan fingerprint density at radius 2 is 1.48 bits per heavy atom. The van der Waals surface area contributed by atoms with Crippen LogP contribution in [-0.4, -0.2) is 36.4 Å². The number of allylic oxidation sites excluding steroid dienone is 2. The molecule has 1 aromatic rings. The first-order valence-corrected chi connectivity index (χ1v) is 9.51. The summed E-state index contributed by atoms with van der Waals surface area (Å²) >= 11 is 4.30. The van der Waals surface area contributed by atoms with Crippen molar-refractivity contribution in [2.75, 3.05) is 6.54 Å². The lowest BCUT2D eigenvalue weighted by Gasteiger charge is -2.32. The molecular formula is C16H12BrF9INO. The molecule has 1 amide bonds. The van der Waals surface area contributed by atoms with E-state index in [4.69, 9.17) is 0 Å². The molecule has 0 fully saturated rings. The first-order valence-electron chi connectivity index (χ1n) is 7.64. The van der Waals surface area contributed by atoms with Gasteiger partial charge in [0.2, 0.25) is 0 Å². The summed E-state index contributed by atoms with van der Waals surface area (Å²) in [6.07, 6.45) is -7.88. The molecular weight excluding hydrogens is 600 g/mol. The Bertz CT molecular complexity index is 748. The molecule has 0 aliphatic carbocycles. The van der Waals surface area contributed by atoms with Gasteiger partial charge in [0.25, 0.3) is 5.91 Å². The number of benzene rings is 1. The molecule has 0 atom stereocenters.